The van der Waals surface area contributed by atoms with Crippen molar-refractivity contribution < 1.29 is 4.79 Å². The molecule has 1 fully saturated rings. The lowest BCUT2D eigenvalue weighted by Gasteiger charge is -2.26. The molecule has 0 saturated carbocycles. The van der Waals surface area contributed by atoms with E-state index in [1.807, 2.05) is 66.9 Å². The van der Waals surface area contributed by atoms with Crippen molar-refractivity contribution >= 4 is 5.91 Å². The molecule has 1 aliphatic heterocycles. The van der Waals surface area contributed by atoms with Crippen LogP contribution in [0.4, 0.5) is 0 Å². The largest absolute Gasteiger partial charge is 0.352 e. The molecular weight excluding hydrogens is 360 g/mol. The van der Waals surface area contributed by atoms with Crippen molar-refractivity contribution in [3.63, 3.8) is 0 Å². The average Bonchev–Trinajstić information content (AvgIpc) is 3.24. The number of carbonyl (C=O) groups excluding carboxylic acids is 1. The van der Waals surface area contributed by atoms with Gasteiger partial charge < -0.3 is 10.2 Å². The number of benzene rings is 2. The Labute approximate surface area is 172 Å². The lowest BCUT2D eigenvalue weighted by atomic mass is 10.1. The van der Waals surface area contributed by atoms with E-state index in [0.29, 0.717) is 17.8 Å². The van der Waals surface area contributed by atoms with Crippen LogP contribution in [-0.2, 0) is 0 Å². The first kappa shape index (κ1) is 19.4. The van der Waals surface area contributed by atoms with Crippen LogP contribution in [-0.4, -0.2) is 46.8 Å². The highest BCUT2D eigenvalue weighted by Crippen LogP contribution is 2.23. The minimum absolute atomic E-state index is 0.0651. The number of nitrogens with one attached hydrogen (secondary N) is 1. The van der Waals surface area contributed by atoms with Crippen molar-refractivity contribution in [1.29, 1.82) is 0 Å². The molecule has 3 aromatic rings. The third-order valence-corrected chi connectivity index (χ3v) is 5.41. The number of para-hydroxylation sites is 1. The Kier molecular flexibility index (Phi) is 6.37. The molecule has 1 N–H and O–H groups in total. The Morgan fingerprint density at radius 2 is 1.62 bits per heavy atom. The Bertz CT molecular complexity index is 915. The van der Waals surface area contributed by atoms with E-state index in [1.54, 1.807) is 4.68 Å². The summed E-state index contributed by atoms with van der Waals surface area (Å²) in [6.45, 7) is 4.11. The topological polar surface area (TPSA) is 50.2 Å². The van der Waals surface area contributed by atoms with E-state index in [4.69, 9.17) is 5.10 Å². The molecule has 1 aliphatic rings. The highest BCUT2D eigenvalue weighted by Gasteiger charge is 2.18. The van der Waals surface area contributed by atoms with E-state index in [2.05, 4.69) is 10.2 Å². The maximum Gasteiger partial charge on any atom is 0.255 e. The van der Waals surface area contributed by atoms with Crippen LogP contribution in [0.2, 0.25) is 0 Å². The number of amides is 1. The minimum atomic E-state index is -0.0651. The van der Waals surface area contributed by atoms with Gasteiger partial charge in [-0.2, -0.15) is 5.10 Å². The fraction of sp³-hybridized carbons (Fsp3) is 0.333. The second-order valence-electron chi connectivity index (χ2n) is 7.55. The highest BCUT2D eigenvalue weighted by atomic mass is 16.1. The second kappa shape index (κ2) is 9.52. The van der Waals surface area contributed by atoms with E-state index in [1.165, 1.54) is 32.4 Å². The lowest BCUT2D eigenvalue weighted by molar-refractivity contribution is 0.0951. The Hall–Kier alpha value is -2.92. The van der Waals surface area contributed by atoms with Gasteiger partial charge in [0.2, 0.25) is 0 Å². The molecule has 0 spiro atoms. The first-order valence-electron chi connectivity index (χ1n) is 10.5. The molecule has 5 nitrogen and oxygen atoms in total. The van der Waals surface area contributed by atoms with E-state index >= 15 is 0 Å². The van der Waals surface area contributed by atoms with E-state index in [0.717, 1.165) is 24.2 Å². The minimum Gasteiger partial charge on any atom is -0.352 e. The van der Waals surface area contributed by atoms with Gasteiger partial charge in [-0.25, -0.2) is 4.68 Å². The van der Waals surface area contributed by atoms with Crippen molar-refractivity contribution in [1.82, 2.24) is 20.0 Å². The summed E-state index contributed by atoms with van der Waals surface area (Å²) in [6.07, 6.45) is 6.74. The molecule has 29 heavy (non-hydrogen) atoms. The van der Waals surface area contributed by atoms with E-state index in [-0.39, 0.29) is 5.91 Å². The molecule has 2 aromatic carbocycles. The zero-order valence-electron chi connectivity index (χ0n) is 16.8. The summed E-state index contributed by atoms with van der Waals surface area (Å²) in [6, 6.07) is 19.8. The standard InChI is InChI=1S/C24H28N4O/c29-24(25-15-10-18-27-16-8-3-9-17-27)22-19-28(21-13-6-2-7-14-21)26-23(22)20-11-4-1-5-12-20/h1-2,4-7,11-14,19H,3,8-10,15-18H2,(H,25,29). The smallest absolute Gasteiger partial charge is 0.255 e. The first-order valence-corrected chi connectivity index (χ1v) is 10.5. The number of hydrogen-bond donors (Lipinski definition) is 1. The van der Waals surface area contributed by atoms with Gasteiger partial charge in [-0.15, -0.1) is 0 Å². The monoisotopic (exact) mass is 388 g/mol. The molecule has 0 atom stereocenters. The number of hydrogen-bond acceptors (Lipinski definition) is 3. The van der Waals surface area contributed by atoms with Crippen LogP contribution in [0.5, 0.6) is 0 Å². The van der Waals surface area contributed by atoms with Gasteiger partial charge in [-0.1, -0.05) is 55.0 Å². The van der Waals surface area contributed by atoms with E-state index < -0.39 is 0 Å². The maximum atomic E-state index is 13.0. The molecular formula is C24H28N4O. The first-order chi connectivity index (χ1) is 14.3. The van der Waals surface area contributed by atoms with Crippen molar-refractivity contribution in [2.45, 2.75) is 25.7 Å². The Morgan fingerprint density at radius 3 is 2.34 bits per heavy atom. The quantitative estimate of drug-likeness (QED) is 0.619. The SMILES string of the molecule is O=C(NCCCN1CCCCC1)c1cn(-c2ccccc2)nc1-c1ccccc1. The summed E-state index contributed by atoms with van der Waals surface area (Å²) in [5.41, 5.74) is 3.20. The fourth-order valence-corrected chi connectivity index (χ4v) is 3.85. The van der Waals surface area contributed by atoms with Crippen LogP contribution in [0, 0.1) is 0 Å². The number of likely N-dealkylation sites (tertiary alicyclic amines) is 1. The third-order valence-electron chi connectivity index (χ3n) is 5.41. The molecule has 1 aromatic heterocycles. The van der Waals surface area contributed by atoms with Crippen LogP contribution >= 0.6 is 0 Å². The van der Waals surface area contributed by atoms with Gasteiger partial charge >= 0.3 is 0 Å². The van der Waals surface area contributed by atoms with E-state index in [9.17, 15) is 4.79 Å². The summed E-state index contributed by atoms with van der Waals surface area (Å²) in [5, 5.41) is 7.82. The summed E-state index contributed by atoms with van der Waals surface area (Å²) in [4.78, 5) is 15.5. The Morgan fingerprint density at radius 1 is 0.931 bits per heavy atom. The fourth-order valence-electron chi connectivity index (χ4n) is 3.85. The predicted molar refractivity (Wildman–Crippen MR) is 116 cm³/mol. The van der Waals surface area contributed by atoms with Crippen LogP contribution < -0.4 is 5.32 Å². The van der Waals surface area contributed by atoms with Gasteiger partial charge in [0.15, 0.2) is 0 Å². The number of piperidine rings is 1. The van der Waals surface area contributed by atoms with Gasteiger partial charge in [0, 0.05) is 18.3 Å². The van der Waals surface area contributed by atoms with Crippen molar-refractivity contribution in [3.05, 3.63) is 72.4 Å². The number of rotatable bonds is 7. The Balaban J connectivity index is 1.47. The number of aromatic nitrogens is 2. The number of nitrogens with zero attached hydrogens (tertiary/aromatic N) is 3. The van der Waals surface area contributed by atoms with Crippen LogP contribution in [0.3, 0.4) is 0 Å². The van der Waals surface area contributed by atoms with Gasteiger partial charge in [0.25, 0.3) is 5.91 Å². The molecule has 1 saturated heterocycles. The molecule has 1 amide bonds. The van der Waals surface area contributed by atoms with Crippen molar-refractivity contribution in [2.75, 3.05) is 26.2 Å². The van der Waals surface area contributed by atoms with Gasteiger partial charge in [-0.05, 0) is 51.0 Å². The predicted octanol–water partition coefficient (Wildman–Crippen LogP) is 4.15. The molecule has 0 bridgehead atoms. The molecule has 5 heteroatoms. The van der Waals surface area contributed by atoms with Crippen molar-refractivity contribution in [3.8, 4) is 16.9 Å². The third kappa shape index (κ3) is 4.93. The van der Waals surface area contributed by atoms with Gasteiger partial charge in [-0.3, -0.25) is 4.79 Å². The zero-order chi connectivity index (χ0) is 19.9. The molecule has 4 rings (SSSR count). The van der Waals surface area contributed by atoms with Crippen molar-refractivity contribution in [2.24, 2.45) is 0 Å². The number of carbonyl (C=O) groups is 1. The average molecular weight is 389 g/mol. The summed E-state index contributed by atoms with van der Waals surface area (Å²) in [5.74, 6) is -0.0651. The summed E-state index contributed by atoms with van der Waals surface area (Å²) in [7, 11) is 0. The van der Waals surface area contributed by atoms with Gasteiger partial charge in [0.1, 0.15) is 5.69 Å². The lowest BCUT2D eigenvalue weighted by Crippen LogP contribution is -2.33. The zero-order valence-corrected chi connectivity index (χ0v) is 16.8. The molecule has 0 radical (unpaired) electrons. The van der Waals surface area contributed by atoms with Gasteiger partial charge in [0.05, 0.1) is 11.3 Å². The second-order valence-corrected chi connectivity index (χ2v) is 7.55. The maximum absolute atomic E-state index is 13.0. The molecule has 150 valence electrons. The molecule has 0 aliphatic carbocycles. The molecule has 0 unspecified atom stereocenters. The van der Waals surface area contributed by atoms with Crippen LogP contribution in [0.1, 0.15) is 36.0 Å². The molecule has 2 heterocycles. The summed E-state index contributed by atoms with van der Waals surface area (Å²) >= 11 is 0. The van der Waals surface area contributed by atoms with Crippen LogP contribution in [0.15, 0.2) is 66.9 Å². The highest BCUT2D eigenvalue weighted by molar-refractivity contribution is 5.99. The summed E-state index contributed by atoms with van der Waals surface area (Å²) < 4.78 is 1.78. The van der Waals surface area contributed by atoms with Crippen LogP contribution in [0.25, 0.3) is 16.9 Å². The normalized spacial score (nSPS) is 14.6.